The molecular formula is C34H34N2O. The van der Waals surface area contributed by atoms with Crippen molar-refractivity contribution in [2.45, 2.75) is 58.4 Å². The first-order valence-electron chi connectivity index (χ1n) is 13.2. The molecule has 0 amide bonds. The second-order valence-corrected chi connectivity index (χ2v) is 10.2. The SMILES string of the molecule is CC(C)c1cccc(C(C)C)c1NC(C1=C=C=CC=C1)c1nc(-c2ccccc2)oc1C1=CC=CCC1. The molecule has 0 aliphatic heterocycles. The summed E-state index contributed by atoms with van der Waals surface area (Å²) < 4.78 is 6.56. The van der Waals surface area contributed by atoms with Gasteiger partial charge in [-0.25, -0.2) is 4.98 Å². The Balaban J connectivity index is 1.72. The van der Waals surface area contributed by atoms with Gasteiger partial charge in [-0.3, -0.25) is 0 Å². The van der Waals surface area contributed by atoms with Crippen LogP contribution in [0.5, 0.6) is 0 Å². The van der Waals surface area contributed by atoms with E-state index >= 15 is 0 Å². The van der Waals surface area contributed by atoms with Crippen LogP contribution in [0.4, 0.5) is 5.69 Å². The third kappa shape index (κ3) is 5.25. The maximum absolute atomic E-state index is 6.56. The van der Waals surface area contributed by atoms with Gasteiger partial charge in [0, 0.05) is 16.8 Å². The average Bonchev–Trinajstić information content (AvgIpc) is 3.38. The summed E-state index contributed by atoms with van der Waals surface area (Å²) in [5.74, 6) is 2.21. The molecule has 37 heavy (non-hydrogen) atoms. The largest absolute Gasteiger partial charge is 0.436 e. The summed E-state index contributed by atoms with van der Waals surface area (Å²) in [7, 11) is 0. The fourth-order valence-corrected chi connectivity index (χ4v) is 4.94. The first-order chi connectivity index (χ1) is 18.0. The molecule has 2 aliphatic carbocycles. The van der Waals surface area contributed by atoms with Crippen LogP contribution in [0.1, 0.15) is 81.0 Å². The van der Waals surface area contributed by atoms with Gasteiger partial charge in [-0.05, 0) is 65.7 Å². The molecule has 3 heteroatoms. The third-order valence-electron chi connectivity index (χ3n) is 6.90. The number of hydrogen-bond donors (Lipinski definition) is 1. The number of oxazole rings is 1. The van der Waals surface area contributed by atoms with Crippen molar-refractivity contribution in [1.29, 1.82) is 0 Å². The molecule has 2 aliphatic rings. The molecule has 2 aromatic carbocycles. The maximum atomic E-state index is 6.56. The van der Waals surface area contributed by atoms with Gasteiger partial charge in [-0.1, -0.05) is 99.9 Å². The summed E-state index contributed by atoms with van der Waals surface area (Å²) in [6.07, 6.45) is 14.4. The number of hydrogen-bond acceptors (Lipinski definition) is 3. The van der Waals surface area contributed by atoms with E-state index in [4.69, 9.17) is 9.40 Å². The number of rotatable bonds is 8. The first kappa shape index (κ1) is 24.7. The van der Waals surface area contributed by atoms with Crippen LogP contribution >= 0.6 is 0 Å². The summed E-state index contributed by atoms with van der Waals surface area (Å²) in [6.45, 7) is 8.99. The Kier molecular flexibility index (Phi) is 7.28. The van der Waals surface area contributed by atoms with Crippen molar-refractivity contribution >= 4 is 11.3 Å². The number of nitrogens with one attached hydrogen (secondary N) is 1. The Hall–Kier alpha value is -4.03. The lowest BCUT2D eigenvalue weighted by Gasteiger charge is -2.26. The number of nitrogens with zero attached hydrogens (tertiary/aromatic N) is 1. The number of benzene rings is 2. The minimum absolute atomic E-state index is 0.252. The zero-order valence-electron chi connectivity index (χ0n) is 22.1. The van der Waals surface area contributed by atoms with E-state index in [1.54, 1.807) is 0 Å². The molecule has 5 rings (SSSR count). The van der Waals surface area contributed by atoms with Gasteiger partial charge >= 0.3 is 0 Å². The van der Waals surface area contributed by atoms with Crippen LogP contribution in [-0.2, 0) is 0 Å². The highest BCUT2D eigenvalue weighted by molar-refractivity contribution is 5.71. The molecule has 1 heterocycles. The van der Waals surface area contributed by atoms with Crippen LogP contribution in [0.25, 0.3) is 17.0 Å². The van der Waals surface area contributed by atoms with Gasteiger partial charge in [-0.15, -0.1) is 0 Å². The summed E-state index contributed by atoms with van der Waals surface area (Å²) in [5, 5.41) is 3.94. The fraction of sp³-hybridized carbons (Fsp3) is 0.265. The van der Waals surface area contributed by atoms with E-state index in [0.717, 1.165) is 35.4 Å². The van der Waals surface area contributed by atoms with Crippen molar-refractivity contribution in [2.75, 3.05) is 5.32 Å². The molecule has 0 saturated heterocycles. The number of allylic oxidation sites excluding steroid dienone is 6. The highest BCUT2D eigenvalue weighted by Crippen LogP contribution is 2.41. The van der Waals surface area contributed by atoms with Crippen molar-refractivity contribution in [1.82, 2.24) is 4.98 Å². The van der Waals surface area contributed by atoms with E-state index in [0.29, 0.717) is 17.7 Å². The molecule has 0 spiro atoms. The monoisotopic (exact) mass is 486 g/mol. The van der Waals surface area contributed by atoms with E-state index < -0.39 is 0 Å². The lowest BCUT2D eigenvalue weighted by Crippen LogP contribution is -2.18. The minimum Gasteiger partial charge on any atom is -0.436 e. The van der Waals surface area contributed by atoms with Crippen molar-refractivity contribution in [2.24, 2.45) is 0 Å². The Labute approximate surface area is 220 Å². The fourth-order valence-electron chi connectivity index (χ4n) is 4.94. The Morgan fingerprint density at radius 3 is 2.30 bits per heavy atom. The Morgan fingerprint density at radius 2 is 1.68 bits per heavy atom. The van der Waals surface area contributed by atoms with E-state index in [-0.39, 0.29) is 6.04 Å². The van der Waals surface area contributed by atoms with Gasteiger partial charge in [0.25, 0.3) is 0 Å². The quantitative estimate of drug-likeness (QED) is 0.322. The average molecular weight is 487 g/mol. The summed E-state index contributed by atoms with van der Waals surface area (Å²) >= 11 is 0. The zero-order valence-corrected chi connectivity index (χ0v) is 22.1. The summed E-state index contributed by atoms with van der Waals surface area (Å²) in [6, 6.07) is 16.5. The van der Waals surface area contributed by atoms with Crippen LogP contribution in [0.2, 0.25) is 0 Å². The minimum atomic E-state index is -0.252. The van der Waals surface area contributed by atoms with Crippen molar-refractivity contribution in [3.8, 4) is 11.5 Å². The molecule has 186 valence electrons. The van der Waals surface area contributed by atoms with E-state index in [9.17, 15) is 0 Å². The summed E-state index contributed by atoms with van der Waals surface area (Å²) in [4.78, 5) is 5.15. The van der Waals surface area contributed by atoms with Gasteiger partial charge in [0.1, 0.15) is 11.7 Å². The molecule has 1 aromatic heterocycles. The van der Waals surface area contributed by atoms with Crippen LogP contribution in [0.3, 0.4) is 0 Å². The van der Waals surface area contributed by atoms with E-state index in [1.807, 2.05) is 42.5 Å². The van der Waals surface area contributed by atoms with Gasteiger partial charge in [-0.2, -0.15) is 0 Å². The normalized spacial score (nSPS) is 15.3. The van der Waals surface area contributed by atoms with Crippen LogP contribution in [0.15, 0.2) is 106 Å². The second kappa shape index (κ2) is 10.9. The molecular weight excluding hydrogens is 452 g/mol. The zero-order chi connectivity index (χ0) is 25.8. The van der Waals surface area contributed by atoms with Gasteiger partial charge in [0.2, 0.25) is 5.89 Å². The lowest BCUT2D eigenvalue weighted by atomic mass is 9.90. The second-order valence-electron chi connectivity index (χ2n) is 10.2. The standard InChI is InChI=1S/C34H34N2O/c1-23(2)28-21-14-22-29(24(3)4)31(28)35-30(25-15-8-5-9-16-25)32-33(26-17-10-6-11-18-26)37-34(36-32)27-19-12-7-13-20-27/h5-8,10,12-15,17,19-24,30,35H,11,18H2,1-4H3. The van der Waals surface area contributed by atoms with Crippen molar-refractivity contribution < 1.29 is 4.42 Å². The Morgan fingerprint density at radius 1 is 0.919 bits per heavy atom. The summed E-state index contributed by atoms with van der Waals surface area (Å²) in [5.41, 5.74) is 14.3. The lowest BCUT2D eigenvalue weighted by molar-refractivity contribution is 0.554. The maximum Gasteiger partial charge on any atom is 0.227 e. The molecule has 1 atom stereocenters. The highest BCUT2D eigenvalue weighted by Gasteiger charge is 2.29. The first-order valence-corrected chi connectivity index (χ1v) is 13.2. The predicted octanol–water partition coefficient (Wildman–Crippen LogP) is 9.28. The van der Waals surface area contributed by atoms with Crippen LogP contribution in [-0.4, -0.2) is 4.98 Å². The molecule has 0 radical (unpaired) electrons. The highest BCUT2D eigenvalue weighted by atomic mass is 16.4. The van der Waals surface area contributed by atoms with E-state index in [1.165, 1.54) is 22.4 Å². The molecule has 0 fully saturated rings. The van der Waals surface area contributed by atoms with Gasteiger partial charge < -0.3 is 9.73 Å². The molecule has 3 nitrogen and oxygen atoms in total. The molecule has 3 aromatic rings. The molecule has 0 bridgehead atoms. The molecule has 0 saturated carbocycles. The molecule has 1 unspecified atom stereocenters. The molecule has 1 N–H and O–H groups in total. The number of anilines is 1. The van der Waals surface area contributed by atoms with Crippen molar-refractivity contribution in [3.05, 3.63) is 125 Å². The Bertz CT molecular complexity index is 1440. The smallest absolute Gasteiger partial charge is 0.227 e. The third-order valence-corrected chi connectivity index (χ3v) is 6.90. The number of para-hydroxylation sites is 1. The van der Waals surface area contributed by atoms with Gasteiger partial charge in [0.15, 0.2) is 5.76 Å². The van der Waals surface area contributed by atoms with E-state index in [2.05, 4.69) is 87.0 Å². The topological polar surface area (TPSA) is 38.1 Å². The number of aromatic nitrogens is 1. The van der Waals surface area contributed by atoms with Crippen molar-refractivity contribution in [3.63, 3.8) is 0 Å². The predicted molar refractivity (Wildman–Crippen MR) is 154 cm³/mol. The van der Waals surface area contributed by atoms with Gasteiger partial charge in [0.05, 0.1) is 0 Å². The van der Waals surface area contributed by atoms with Crippen LogP contribution in [0, 0.1) is 0 Å². The van der Waals surface area contributed by atoms with Crippen LogP contribution < -0.4 is 5.32 Å².